The number of amides is 1. The zero-order valence-electron chi connectivity index (χ0n) is 17.4. The Morgan fingerprint density at radius 1 is 0.966 bits per heavy atom. The predicted octanol–water partition coefficient (Wildman–Crippen LogP) is 1.27. The summed E-state index contributed by atoms with van der Waals surface area (Å²) in [5.74, 6) is 1.41. The molecular formula is C23H35N3O3. The molecule has 0 radical (unpaired) electrons. The first-order valence-corrected chi connectivity index (χ1v) is 11.2. The molecule has 3 heterocycles. The fourth-order valence-corrected chi connectivity index (χ4v) is 5.11. The first-order valence-electron chi connectivity index (χ1n) is 11.2. The van der Waals surface area contributed by atoms with E-state index >= 15 is 0 Å². The van der Waals surface area contributed by atoms with Crippen molar-refractivity contribution in [3.05, 3.63) is 35.9 Å². The van der Waals surface area contributed by atoms with Crippen molar-refractivity contribution in [1.82, 2.24) is 14.7 Å². The van der Waals surface area contributed by atoms with Crippen LogP contribution in [0.3, 0.4) is 0 Å². The average molecular weight is 402 g/mol. The third kappa shape index (κ3) is 5.37. The van der Waals surface area contributed by atoms with Gasteiger partial charge >= 0.3 is 0 Å². The molecule has 29 heavy (non-hydrogen) atoms. The van der Waals surface area contributed by atoms with Crippen LogP contribution in [-0.4, -0.2) is 97.9 Å². The lowest BCUT2D eigenvalue weighted by Gasteiger charge is -2.33. The monoisotopic (exact) mass is 401 g/mol. The molecule has 6 nitrogen and oxygen atoms in total. The molecule has 0 spiro atoms. The molecule has 3 saturated heterocycles. The van der Waals surface area contributed by atoms with Crippen molar-refractivity contribution < 1.29 is 14.6 Å². The van der Waals surface area contributed by atoms with E-state index in [1.54, 1.807) is 0 Å². The van der Waals surface area contributed by atoms with Crippen molar-refractivity contribution in [3.63, 3.8) is 0 Å². The van der Waals surface area contributed by atoms with E-state index in [0.29, 0.717) is 24.9 Å². The van der Waals surface area contributed by atoms with E-state index in [1.807, 2.05) is 4.90 Å². The summed E-state index contributed by atoms with van der Waals surface area (Å²) < 4.78 is 5.44. The van der Waals surface area contributed by atoms with E-state index in [0.717, 1.165) is 65.3 Å². The van der Waals surface area contributed by atoms with Gasteiger partial charge in [0.2, 0.25) is 5.91 Å². The van der Waals surface area contributed by atoms with Gasteiger partial charge in [0.25, 0.3) is 0 Å². The van der Waals surface area contributed by atoms with Crippen molar-refractivity contribution in [2.75, 3.05) is 72.2 Å². The molecule has 0 saturated carbocycles. The Bertz CT molecular complexity index is 642. The number of likely N-dealkylation sites (tertiary alicyclic amines) is 2. The first-order chi connectivity index (χ1) is 14.2. The van der Waals surface area contributed by atoms with E-state index in [1.165, 1.54) is 5.56 Å². The van der Waals surface area contributed by atoms with Crippen LogP contribution >= 0.6 is 0 Å². The Kier molecular flexibility index (Phi) is 7.19. The van der Waals surface area contributed by atoms with Crippen LogP contribution in [0.5, 0.6) is 0 Å². The maximum Gasteiger partial charge on any atom is 0.236 e. The van der Waals surface area contributed by atoms with Crippen molar-refractivity contribution in [3.8, 4) is 0 Å². The number of benzene rings is 1. The average Bonchev–Trinajstić information content (AvgIpc) is 3.18. The Balaban J connectivity index is 1.24. The SMILES string of the molecule is O=C(CN1CCC(c2ccccc2)CC1)N1C[C@@H](CO)[C@@H](CN2CCOCC2)C1. The molecule has 3 aliphatic rings. The van der Waals surface area contributed by atoms with Crippen LogP contribution in [0, 0.1) is 11.8 Å². The van der Waals surface area contributed by atoms with Crippen LogP contribution < -0.4 is 0 Å². The highest BCUT2D eigenvalue weighted by Gasteiger charge is 2.36. The summed E-state index contributed by atoms with van der Waals surface area (Å²) >= 11 is 0. The number of ether oxygens (including phenoxy) is 1. The lowest BCUT2D eigenvalue weighted by atomic mass is 9.89. The fourth-order valence-electron chi connectivity index (χ4n) is 5.11. The molecular weight excluding hydrogens is 366 g/mol. The second kappa shape index (κ2) is 10.0. The number of hydrogen-bond donors (Lipinski definition) is 1. The highest BCUT2D eigenvalue weighted by atomic mass is 16.5. The van der Waals surface area contributed by atoms with Gasteiger partial charge in [-0.2, -0.15) is 0 Å². The molecule has 3 fully saturated rings. The minimum Gasteiger partial charge on any atom is -0.396 e. The van der Waals surface area contributed by atoms with Crippen LogP contribution in [-0.2, 0) is 9.53 Å². The van der Waals surface area contributed by atoms with Gasteiger partial charge in [-0.15, -0.1) is 0 Å². The number of morpholine rings is 1. The number of aliphatic hydroxyl groups is 1. The third-order valence-electron chi connectivity index (χ3n) is 6.98. The third-order valence-corrected chi connectivity index (χ3v) is 6.98. The van der Waals surface area contributed by atoms with Gasteiger partial charge in [-0.1, -0.05) is 30.3 Å². The molecule has 1 aromatic rings. The maximum absolute atomic E-state index is 12.9. The van der Waals surface area contributed by atoms with Gasteiger partial charge in [0.05, 0.1) is 19.8 Å². The van der Waals surface area contributed by atoms with E-state index in [4.69, 9.17) is 4.74 Å². The highest BCUT2D eigenvalue weighted by molar-refractivity contribution is 5.78. The molecule has 4 rings (SSSR count). The van der Waals surface area contributed by atoms with Crippen LogP contribution in [0.4, 0.5) is 0 Å². The lowest BCUT2D eigenvalue weighted by Crippen LogP contribution is -2.43. The number of piperidine rings is 1. The first kappa shape index (κ1) is 20.8. The number of rotatable bonds is 6. The summed E-state index contributed by atoms with van der Waals surface area (Å²) in [4.78, 5) is 19.7. The molecule has 0 aromatic heterocycles. The van der Waals surface area contributed by atoms with Gasteiger partial charge < -0.3 is 14.7 Å². The van der Waals surface area contributed by atoms with Gasteiger partial charge in [0, 0.05) is 45.2 Å². The Labute approximate surface area is 174 Å². The second-order valence-corrected chi connectivity index (χ2v) is 8.88. The molecule has 1 aromatic carbocycles. The van der Waals surface area contributed by atoms with E-state index in [9.17, 15) is 9.90 Å². The number of carbonyl (C=O) groups is 1. The van der Waals surface area contributed by atoms with Crippen LogP contribution in [0.2, 0.25) is 0 Å². The largest absolute Gasteiger partial charge is 0.396 e. The number of nitrogens with zero attached hydrogens (tertiary/aromatic N) is 3. The smallest absolute Gasteiger partial charge is 0.236 e. The van der Waals surface area contributed by atoms with Gasteiger partial charge in [-0.3, -0.25) is 14.6 Å². The van der Waals surface area contributed by atoms with Crippen molar-refractivity contribution in [1.29, 1.82) is 0 Å². The zero-order valence-corrected chi connectivity index (χ0v) is 17.4. The maximum atomic E-state index is 12.9. The zero-order chi connectivity index (χ0) is 20.1. The summed E-state index contributed by atoms with van der Waals surface area (Å²) in [6, 6.07) is 10.7. The van der Waals surface area contributed by atoms with Gasteiger partial charge in [0.15, 0.2) is 0 Å². The molecule has 0 unspecified atom stereocenters. The van der Waals surface area contributed by atoms with Gasteiger partial charge in [0.1, 0.15) is 0 Å². The summed E-state index contributed by atoms with van der Waals surface area (Å²) in [5, 5.41) is 9.83. The molecule has 160 valence electrons. The quantitative estimate of drug-likeness (QED) is 0.778. The number of carbonyl (C=O) groups excluding carboxylic acids is 1. The summed E-state index contributed by atoms with van der Waals surface area (Å²) in [6.45, 7) is 8.59. The highest BCUT2D eigenvalue weighted by Crippen LogP contribution is 2.28. The summed E-state index contributed by atoms with van der Waals surface area (Å²) in [5.41, 5.74) is 1.43. The van der Waals surface area contributed by atoms with Crippen molar-refractivity contribution in [2.45, 2.75) is 18.8 Å². The minimum atomic E-state index is 0.168. The topological polar surface area (TPSA) is 56.2 Å². The molecule has 6 heteroatoms. The number of aliphatic hydroxyl groups excluding tert-OH is 1. The molecule has 2 atom stereocenters. The molecule has 1 N–H and O–H groups in total. The fraction of sp³-hybridized carbons (Fsp3) is 0.696. The van der Waals surface area contributed by atoms with E-state index in [2.05, 4.69) is 40.1 Å². The lowest BCUT2D eigenvalue weighted by molar-refractivity contribution is -0.132. The van der Waals surface area contributed by atoms with Crippen molar-refractivity contribution in [2.24, 2.45) is 11.8 Å². The standard InChI is InChI=1S/C23H35N3O3/c27-18-22-16-26(15-21(22)14-25-10-12-29-13-11-25)23(28)17-24-8-6-20(7-9-24)19-4-2-1-3-5-19/h1-5,20-22,27H,6-18H2/t21-,22-/m0/s1. The minimum absolute atomic E-state index is 0.168. The Morgan fingerprint density at radius 2 is 1.66 bits per heavy atom. The van der Waals surface area contributed by atoms with E-state index in [-0.39, 0.29) is 18.4 Å². The summed E-state index contributed by atoms with van der Waals surface area (Å²) in [6.07, 6.45) is 2.24. The predicted molar refractivity (Wildman–Crippen MR) is 113 cm³/mol. The molecule has 0 aliphatic carbocycles. The summed E-state index contributed by atoms with van der Waals surface area (Å²) in [7, 11) is 0. The molecule has 0 bridgehead atoms. The van der Waals surface area contributed by atoms with Crippen LogP contribution in [0.15, 0.2) is 30.3 Å². The number of hydrogen-bond acceptors (Lipinski definition) is 5. The van der Waals surface area contributed by atoms with Crippen LogP contribution in [0.25, 0.3) is 0 Å². The second-order valence-electron chi connectivity index (χ2n) is 8.88. The van der Waals surface area contributed by atoms with Crippen LogP contribution in [0.1, 0.15) is 24.3 Å². The Hall–Kier alpha value is -1.47. The Morgan fingerprint density at radius 3 is 2.34 bits per heavy atom. The normalized spacial score (nSPS) is 27.4. The molecule has 1 amide bonds. The van der Waals surface area contributed by atoms with Crippen molar-refractivity contribution >= 4 is 5.91 Å². The molecule has 3 aliphatic heterocycles. The van der Waals surface area contributed by atoms with Gasteiger partial charge in [-0.25, -0.2) is 0 Å². The van der Waals surface area contributed by atoms with Gasteiger partial charge in [-0.05, 0) is 43.3 Å². The van der Waals surface area contributed by atoms with E-state index < -0.39 is 0 Å².